The van der Waals surface area contributed by atoms with Crippen LogP contribution in [0.5, 0.6) is 0 Å². The summed E-state index contributed by atoms with van der Waals surface area (Å²) in [6, 6.07) is 0. The molecular formula is C8H7F6NS2. The summed E-state index contributed by atoms with van der Waals surface area (Å²) in [5.41, 5.74) is -9.06. The van der Waals surface area contributed by atoms with E-state index in [1.54, 1.807) is 0 Å². The Labute approximate surface area is 101 Å². The molecule has 17 heavy (non-hydrogen) atoms. The topological polar surface area (TPSA) is 15.8 Å². The number of H-pyrrole nitrogens is 1. The fraction of sp³-hybridized carbons (Fsp3) is 0.500. The van der Waals surface area contributed by atoms with E-state index < -0.39 is 44.3 Å². The number of aromatic nitrogens is 1. The minimum absolute atomic E-state index is 0.0802. The van der Waals surface area contributed by atoms with E-state index in [0.717, 1.165) is 0 Å². The zero-order valence-electron chi connectivity index (χ0n) is 8.58. The summed E-state index contributed by atoms with van der Waals surface area (Å²) < 4.78 is 73.2. The Hall–Kier alpha value is -0.440. The van der Waals surface area contributed by atoms with Gasteiger partial charge in [0, 0.05) is 11.4 Å². The number of rotatable bonds is 2. The second-order valence-corrected chi connectivity index (χ2v) is 5.28. The largest absolute Gasteiger partial charge is 0.446 e. The molecule has 0 radical (unpaired) electrons. The molecule has 0 fully saturated rings. The minimum Gasteiger partial charge on any atom is -0.361 e. The van der Waals surface area contributed by atoms with Crippen molar-refractivity contribution in [1.82, 2.24) is 4.98 Å². The highest BCUT2D eigenvalue weighted by Gasteiger charge is 2.37. The van der Waals surface area contributed by atoms with Crippen LogP contribution >= 0.6 is 23.5 Å². The third kappa shape index (κ3) is 4.38. The van der Waals surface area contributed by atoms with Gasteiger partial charge in [-0.3, -0.25) is 0 Å². The number of halogens is 6. The molecule has 0 bridgehead atoms. The lowest BCUT2D eigenvalue weighted by Gasteiger charge is -2.10. The van der Waals surface area contributed by atoms with Crippen molar-refractivity contribution in [2.45, 2.75) is 34.7 Å². The monoisotopic (exact) mass is 295 g/mol. The normalized spacial score (nSPS) is 13.2. The third-order valence-corrected chi connectivity index (χ3v) is 3.72. The number of aryl methyl sites for hydroxylation is 2. The molecule has 0 aliphatic carbocycles. The van der Waals surface area contributed by atoms with Crippen LogP contribution in [-0.2, 0) is 0 Å². The average molecular weight is 295 g/mol. The molecule has 0 unspecified atom stereocenters. The molecule has 0 saturated heterocycles. The Morgan fingerprint density at radius 1 is 0.765 bits per heavy atom. The molecule has 0 aliphatic rings. The number of aromatic amines is 1. The van der Waals surface area contributed by atoms with Crippen LogP contribution in [0.3, 0.4) is 0 Å². The molecule has 1 aromatic heterocycles. The Kier molecular flexibility index (Phi) is 4.02. The Morgan fingerprint density at radius 3 is 1.29 bits per heavy atom. The van der Waals surface area contributed by atoms with Crippen molar-refractivity contribution in [3.05, 3.63) is 11.4 Å². The second-order valence-electron chi connectivity index (χ2n) is 3.13. The fourth-order valence-corrected chi connectivity index (χ4v) is 2.83. The number of hydrogen-bond acceptors (Lipinski definition) is 2. The maximum Gasteiger partial charge on any atom is 0.446 e. The Bertz CT molecular complexity index is 369. The molecule has 0 atom stereocenters. The molecule has 1 heterocycles. The molecule has 9 heteroatoms. The average Bonchev–Trinajstić information content (AvgIpc) is 2.27. The van der Waals surface area contributed by atoms with Gasteiger partial charge in [-0.2, -0.15) is 26.3 Å². The SMILES string of the molecule is Cc1[nH]c(C)c(SC(F)(F)F)c1SC(F)(F)F. The first-order valence-corrected chi connectivity index (χ1v) is 5.83. The van der Waals surface area contributed by atoms with E-state index in [9.17, 15) is 26.3 Å². The van der Waals surface area contributed by atoms with Crippen LogP contribution in [0.1, 0.15) is 11.4 Å². The van der Waals surface area contributed by atoms with Crippen LogP contribution < -0.4 is 0 Å². The molecule has 98 valence electrons. The van der Waals surface area contributed by atoms with Crippen LogP contribution in [0, 0.1) is 13.8 Å². The lowest BCUT2D eigenvalue weighted by molar-refractivity contribution is -0.0346. The molecule has 0 aliphatic heterocycles. The van der Waals surface area contributed by atoms with Crippen LogP contribution in [0.4, 0.5) is 26.3 Å². The van der Waals surface area contributed by atoms with Gasteiger partial charge in [-0.1, -0.05) is 0 Å². The van der Waals surface area contributed by atoms with Crippen LogP contribution in [-0.4, -0.2) is 16.0 Å². The van der Waals surface area contributed by atoms with Crippen molar-refractivity contribution in [3.8, 4) is 0 Å². The van der Waals surface area contributed by atoms with E-state index in [4.69, 9.17) is 0 Å². The third-order valence-electron chi connectivity index (χ3n) is 1.70. The first kappa shape index (κ1) is 14.6. The molecule has 0 aromatic carbocycles. The molecule has 1 nitrogen and oxygen atoms in total. The van der Waals surface area contributed by atoms with E-state index >= 15 is 0 Å². The van der Waals surface area contributed by atoms with E-state index in [2.05, 4.69) is 4.98 Å². The van der Waals surface area contributed by atoms with Gasteiger partial charge in [0.25, 0.3) is 0 Å². The van der Waals surface area contributed by atoms with Crippen molar-refractivity contribution >= 4 is 23.5 Å². The lowest BCUT2D eigenvalue weighted by atomic mass is 10.4. The highest BCUT2D eigenvalue weighted by atomic mass is 32.2. The highest BCUT2D eigenvalue weighted by molar-refractivity contribution is 8.03. The van der Waals surface area contributed by atoms with Crippen molar-refractivity contribution in [2.24, 2.45) is 0 Å². The van der Waals surface area contributed by atoms with Gasteiger partial charge in [-0.15, -0.1) is 0 Å². The summed E-state index contributed by atoms with van der Waals surface area (Å²) in [6.45, 7) is 2.61. The second kappa shape index (κ2) is 4.68. The maximum absolute atomic E-state index is 12.2. The molecule has 1 N–H and O–H groups in total. The first-order chi connectivity index (χ1) is 7.49. The number of nitrogens with one attached hydrogen (secondary N) is 1. The van der Waals surface area contributed by atoms with Crippen LogP contribution in [0.2, 0.25) is 0 Å². The molecule has 1 aromatic rings. The van der Waals surface area contributed by atoms with E-state index in [0.29, 0.717) is 0 Å². The van der Waals surface area contributed by atoms with Crippen LogP contribution in [0.15, 0.2) is 9.79 Å². The Morgan fingerprint density at radius 2 is 1.06 bits per heavy atom. The molecule has 1 rings (SSSR count). The van der Waals surface area contributed by atoms with E-state index in [-0.39, 0.29) is 11.4 Å². The zero-order valence-corrected chi connectivity index (χ0v) is 10.2. The Balaban J connectivity index is 3.11. The number of hydrogen-bond donors (Lipinski definition) is 1. The predicted octanol–water partition coefficient (Wildman–Crippen LogP) is 4.86. The van der Waals surface area contributed by atoms with Gasteiger partial charge in [0.05, 0.1) is 9.79 Å². The molecular weight excluding hydrogens is 288 g/mol. The van der Waals surface area contributed by atoms with E-state index in [1.165, 1.54) is 13.8 Å². The summed E-state index contributed by atoms with van der Waals surface area (Å²) in [5, 5.41) is 0. The predicted molar refractivity (Wildman–Crippen MR) is 54.1 cm³/mol. The van der Waals surface area contributed by atoms with Crippen molar-refractivity contribution in [2.75, 3.05) is 0 Å². The number of thioether (sulfide) groups is 2. The van der Waals surface area contributed by atoms with Gasteiger partial charge in [0.15, 0.2) is 0 Å². The van der Waals surface area contributed by atoms with Gasteiger partial charge in [0.1, 0.15) is 0 Å². The minimum atomic E-state index is -4.61. The fourth-order valence-electron chi connectivity index (χ4n) is 1.21. The summed E-state index contributed by atoms with van der Waals surface area (Å²) in [7, 11) is 0. The van der Waals surface area contributed by atoms with Gasteiger partial charge < -0.3 is 4.98 Å². The number of alkyl halides is 6. The van der Waals surface area contributed by atoms with E-state index in [1.807, 2.05) is 0 Å². The molecule has 0 saturated carbocycles. The van der Waals surface area contributed by atoms with Crippen LogP contribution in [0.25, 0.3) is 0 Å². The molecule has 0 spiro atoms. The summed E-state index contributed by atoms with van der Waals surface area (Å²) in [4.78, 5) is 1.64. The van der Waals surface area contributed by atoms with Gasteiger partial charge in [-0.05, 0) is 37.4 Å². The van der Waals surface area contributed by atoms with Crippen molar-refractivity contribution in [1.29, 1.82) is 0 Å². The maximum atomic E-state index is 12.2. The van der Waals surface area contributed by atoms with Gasteiger partial charge in [-0.25, -0.2) is 0 Å². The van der Waals surface area contributed by atoms with Crippen molar-refractivity contribution in [3.63, 3.8) is 0 Å². The lowest BCUT2D eigenvalue weighted by Crippen LogP contribution is -2.03. The van der Waals surface area contributed by atoms with Gasteiger partial charge in [0.2, 0.25) is 0 Å². The van der Waals surface area contributed by atoms with Gasteiger partial charge >= 0.3 is 11.0 Å². The summed E-state index contributed by atoms with van der Waals surface area (Å²) >= 11 is -1.07. The highest BCUT2D eigenvalue weighted by Crippen LogP contribution is 2.48. The quantitative estimate of drug-likeness (QED) is 0.619. The first-order valence-electron chi connectivity index (χ1n) is 4.20. The van der Waals surface area contributed by atoms with Crippen molar-refractivity contribution < 1.29 is 26.3 Å². The smallest absolute Gasteiger partial charge is 0.361 e. The zero-order chi connectivity index (χ0) is 13.4. The standard InChI is InChI=1S/C8H7F6NS2/c1-3-5(16-7(9,10)11)6(4(2)15-3)17-8(12,13)14/h15H,1-2H3. The summed E-state index contributed by atoms with van der Waals surface area (Å²) in [5.74, 6) is 0. The molecule has 0 amide bonds. The summed E-state index contributed by atoms with van der Waals surface area (Å²) in [6.07, 6.45) is 0.